The smallest absolute Gasteiger partial charge is 0.323 e. The van der Waals surface area contributed by atoms with E-state index in [2.05, 4.69) is 5.32 Å². The zero-order valence-corrected chi connectivity index (χ0v) is 12.3. The lowest BCUT2D eigenvalue weighted by atomic mass is 9.93. The van der Waals surface area contributed by atoms with Gasteiger partial charge in [-0.25, -0.2) is 8.78 Å². The molecule has 0 aliphatic carbocycles. The van der Waals surface area contributed by atoms with Crippen LogP contribution in [0, 0.1) is 18.6 Å². The molecule has 5 heteroatoms. The molecule has 0 saturated carbocycles. The molecule has 1 aromatic carbocycles. The maximum absolute atomic E-state index is 13.9. The Morgan fingerprint density at radius 1 is 1.40 bits per heavy atom. The quantitative estimate of drug-likeness (QED) is 0.840. The number of carboxylic acids is 1. The molecule has 0 saturated heterocycles. The lowest BCUT2D eigenvalue weighted by molar-refractivity contribution is -0.144. The molecule has 0 heterocycles. The van der Waals surface area contributed by atoms with Gasteiger partial charge in [0.1, 0.15) is 17.2 Å². The standard InChI is InChI=1S/C15H21F2NO2/c1-5-6-15(4,14(19)20)18-10(3)11-8-12(16)9(2)7-13(11)17/h7-8,10,18H,5-6H2,1-4H3,(H,19,20). The molecule has 0 bridgehead atoms. The number of aryl methyl sites for hydroxylation is 1. The Balaban J connectivity index is 3.03. The maximum atomic E-state index is 13.9. The van der Waals surface area contributed by atoms with Crippen molar-refractivity contribution in [3.8, 4) is 0 Å². The Labute approximate surface area is 118 Å². The molecule has 1 aromatic rings. The van der Waals surface area contributed by atoms with Crippen molar-refractivity contribution >= 4 is 5.97 Å². The van der Waals surface area contributed by atoms with Gasteiger partial charge in [0.2, 0.25) is 0 Å². The van der Waals surface area contributed by atoms with E-state index < -0.39 is 29.2 Å². The van der Waals surface area contributed by atoms with E-state index in [9.17, 15) is 18.7 Å². The SMILES string of the molecule is CCCC(C)(NC(C)c1cc(F)c(C)cc1F)C(=O)O. The van der Waals surface area contributed by atoms with Crippen LogP contribution >= 0.6 is 0 Å². The molecule has 0 aliphatic heterocycles. The molecular weight excluding hydrogens is 264 g/mol. The van der Waals surface area contributed by atoms with Crippen LogP contribution < -0.4 is 5.32 Å². The van der Waals surface area contributed by atoms with Crippen molar-refractivity contribution in [3.63, 3.8) is 0 Å². The molecule has 1 rings (SSSR count). The van der Waals surface area contributed by atoms with Gasteiger partial charge in [0, 0.05) is 11.6 Å². The van der Waals surface area contributed by atoms with E-state index in [4.69, 9.17) is 0 Å². The first-order chi connectivity index (χ1) is 9.21. The summed E-state index contributed by atoms with van der Waals surface area (Å²) in [6.07, 6.45) is 1.08. The van der Waals surface area contributed by atoms with Crippen LogP contribution in [-0.4, -0.2) is 16.6 Å². The molecule has 0 aliphatic rings. The minimum atomic E-state index is -1.16. The number of hydrogen-bond acceptors (Lipinski definition) is 2. The number of carboxylic acid groups (broad SMARTS) is 1. The van der Waals surface area contributed by atoms with Crippen molar-refractivity contribution in [2.45, 2.75) is 52.1 Å². The molecule has 0 radical (unpaired) electrons. The molecule has 0 spiro atoms. The first-order valence-electron chi connectivity index (χ1n) is 6.68. The van der Waals surface area contributed by atoms with Crippen molar-refractivity contribution in [2.75, 3.05) is 0 Å². The maximum Gasteiger partial charge on any atom is 0.323 e. The predicted molar refractivity (Wildman–Crippen MR) is 73.6 cm³/mol. The first kappa shape index (κ1) is 16.6. The van der Waals surface area contributed by atoms with E-state index in [1.165, 1.54) is 6.92 Å². The van der Waals surface area contributed by atoms with Gasteiger partial charge in [0.05, 0.1) is 0 Å². The van der Waals surface area contributed by atoms with Gasteiger partial charge in [0.25, 0.3) is 0 Å². The van der Waals surface area contributed by atoms with Gasteiger partial charge in [-0.3, -0.25) is 10.1 Å². The first-order valence-corrected chi connectivity index (χ1v) is 6.68. The number of hydrogen-bond donors (Lipinski definition) is 2. The highest BCUT2D eigenvalue weighted by Gasteiger charge is 2.34. The summed E-state index contributed by atoms with van der Waals surface area (Å²) in [4.78, 5) is 11.4. The third-order valence-corrected chi connectivity index (χ3v) is 3.50. The third kappa shape index (κ3) is 3.54. The van der Waals surface area contributed by atoms with Gasteiger partial charge in [-0.2, -0.15) is 0 Å². The Kier molecular flexibility index (Phi) is 5.22. The number of aliphatic carboxylic acids is 1. The molecule has 2 atom stereocenters. The van der Waals surface area contributed by atoms with Gasteiger partial charge in [-0.05, 0) is 44.9 Å². The molecule has 20 heavy (non-hydrogen) atoms. The van der Waals surface area contributed by atoms with E-state index >= 15 is 0 Å². The normalized spacial score (nSPS) is 15.7. The summed E-state index contributed by atoms with van der Waals surface area (Å²) in [5, 5.41) is 12.2. The van der Waals surface area contributed by atoms with Crippen LogP contribution in [0.2, 0.25) is 0 Å². The van der Waals surface area contributed by atoms with Crippen molar-refractivity contribution in [1.82, 2.24) is 5.32 Å². The second-order valence-corrected chi connectivity index (χ2v) is 5.38. The summed E-state index contributed by atoms with van der Waals surface area (Å²) in [7, 11) is 0. The van der Waals surface area contributed by atoms with Crippen molar-refractivity contribution in [2.24, 2.45) is 0 Å². The Morgan fingerprint density at radius 2 is 2.00 bits per heavy atom. The fourth-order valence-corrected chi connectivity index (χ4v) is 2.29. The van der Waals surface area contributed by atoms with Gasteiger partial charge in [-0.15, -0.1) is 0 Å². The lowest BCUT2D eigenvalue weighted by Gasteiger charge is -2.30. The molecule has 112 valence electrons. The number of carbonyl (C=O) groups is 1. The summed E-state index contributed by atoms with van der Waals surface area (Å²) in [6, 6.07) is 1.65. The Morgan fingerprint density at radius 3 is 2.50 bits per heavy atom. The second-order valence-electron chi connectivity index (χ2n) is 5.38. The van der Waals surface area contributed by atoms with Gasteiger partial charge < -0.3 is 5.11 Å². The van der Waals surface area contributed by atoms with Crippen LogP contribution in [0.4, 0.5) is 8.78 Å². The number of rotatable bonds is 6. The van der Waals surface area contributed by atoms with Crippen LogP contribution in [0.25, 0.3) is 0 Å². The molecular formula is C15H21F2NO2. The summed E-state index contributed by atoms with van der Waals surface area (Å²) in [5.41, 5.74) is -0.799. The van der Waals surface area contributed by atoms with Crippen LogP contribution in [0.5, 0.6) is 0 Å². The highest BCUT2D eigenvalue weighted by atomic mass is 19.1. The summed E-state index contributed by atoms with van der Waals surface area (Å²) in [5.74, 6) is -2.03. The predicted octanol–water partition coefficient (Wildman–Crippen LogP) is 3.57. The van der Waals surface area contributed by atoms with E-state index in [-0.39, 0.29) is 11.1 Å². The molecule has 0 aromatic heterocycles. The lowest BCUT2D eigenvalue weighted by Crippen LogP contribution is -2.50. The van der Waals surface area contributed by atoms with Crippen LogP contribution in [0.15, 0.2) is 12.1 Å². The number of halogens is 2. The van der Waals surface area contributed by atoms with E-state index in [1.54, 1.807) is 13.8 Å². The fourth-order valence-electron chi connectivity index (χ4n) is 2.29. The molecule has 3 nitrogen and oxygen atoms in total. The number of benzene rings is 1. The largest absolute Gasteiger partial charge is 0.480 e. The Bertz CT molecular complexity index is 505. The summed E-state index contributed by atoms with van der Waals surface area (Å²) >= 11 is 0. The summed E-state index contributed by atoms with van der Waals surface area (Å²) < 4.78 is 27.4. The molecule has 2 unspecified atom stereocenters. The van der Waals surface area contributed by atoms with Crippen molar-refractivity contribution < 1.29 is 18.7 Å². The highest BCUT2D eigenvalue weighted by molar-refractivity contribution is 5.78. The van der Waals surface area contributed by atoms with Crippen LogP contribution in [0.3, 0.4) is 0 Å². The fraction of sp³-hybridized carbons (Fsp3) is 0.533. The average molecular weight is 285 g/mol. The Hall–Kier alpha value is -1.49. The van der Waals surface area contributed by atoms with Crippen molar-refractivity contribution in [3.05, 3.63) is 34.9 Å². The zero-order chi connectivity index (χ0) is 15.5. The topological polar surface area (TPSA) is 49.3 Å². The molecule has 0 amide bonds. The average Bonchev–Trinajstić information content (AvgIpc) is 2.33. The highest BCUT2D eigenvalue weighted by Crippen LogP contribution is 2.24. The summed E-state index contributed by atoms with van der Waals surface area (Å²) in [6.45, 7) is 6.54. The zero-order valence-electron chi connectivity index (χ0n) is 12.3. The van der Waals surface area contributed by atoms with E-state index in [1.807, 2.05) is 6.92 Å². The third-order valence-electron chi connectivity index (χ3n) is 3.50. The van der Waals surface area contributed by atoms with Crippen LogP contribution in [-0.2, 0) is 4.79 Å². The monoisotopic (exact) mass is 285 g/mol. The van der Waals surface area contributed by atoms with E-state index in [0.717, 1.165) is 12.1 Å². The molecule has 0 fully saturated rings. The second kappa shape index (κ2) is 6.31. The van der Waals surface area contributed by atoms with Crippen LogP contribution in [0.1, 0.15) is 50.8 Å². The number of nitrogens with one attached hydrogen (secondary N) is 1. The molecule has 2 N–H and O–H groups in total. The van der Waals surface area contributed by atoms with Gasteiger partial charge >= 0.3 is 5.97 Å². The minimum absolute atomic E-state index is 0.136. The minimum Gasteiger partial charge on any atom is -0.480 e. The van der Waals surface area contributed by atoms with Gasteiger partial charge in [-0.1, -0.05) is 13.3 Å². The van der Waals surface area contributed by atoms with Gasteiger partial charge in [0.15, 0.2) is 0 Å². The van der Waals surface area contributed by atoms with Crippen molar-refractivity contribution in [1.29, 1.82) is 0 Å². The van der Waals surface area contributed by atoms with E-state index in [0.29, 0.717) is 12.8 Å².